The minimum absolute atomic E-state index is 0.0956. The fourth-order valence-corrected chi connectivity index (χ4v) is 2.27. The first-order valence-corrected chi connectivity index (χ1v) is 6.19. The van der Waals surface area contributed by atoms with E-state index in [0.717, 1.165) is 15.7 Å². The number of aryl methyl sites for hydroxylation is 1. The zero-order valence-electron chi connectivity index (χ0n) is 10.1. The van der Waals surface area contributed by atoms with E-state index in [-0.39, 0.29) is 11.5 Å². The second-order valence-electron chi connectivity index (χ2n) is 4.03. The molecule has 98 valence electrons. The lowest BCUT2D eigenvalue weighted by molar-refractivity contribution is -0.384. The van der Waals surface area contributed by atoms with E-state index in [1.807, 2.05) is 25.1 Å². The summed E-state index contributed by atoms with van der Waals surface area (Å²) in [4.78, 5) is 14.3. The Kier molecular flexibility index (Phi) is 3.66. The van der Waals surface area contributed by atoms with E-state index in [1.165, 1.54) is 12.1 Å². The van der Waals surface area contributed by atoms with Crippen molar-refractivity contribution in [2.45, 2.75) is 6.92 Å². The van der Waals surface area contributed by atoms with Gasteiger partial charge in [0.15, 0.2) is 0 Å². The van der Waals surface area contributed by atoms with Crippen LogP contribution in [0.1, 0.15) is 5.56 Å². The van der Waals surface area contributed by atoms with Gasteiger partial charge in [-0.05, 0) is 30.7 Å². The number of benzene rings is 1. The highest BCUT2D eigenvalue weighted by Crippen LogP contribution is 2.25. The number of halogens is 1. The Morgan fingerprint density at radius 3 is 2.68 bits per heavy atom. The SMILES string of the molecule is Cc1cc(Br)cc(Nc2cc([N+](=O)[O-])cc(N)n2)c1. The lowest BCUT2D eigenvalue weighted by atomic mass is 10.2. The molecule has 0 unspecified atom stereocenters. The van der Waals surface area contributed by atoms with Gasteiger partial charge >= 0.3 is 0 Å². The van der Waals surface area contributed by atoms with Gasteiger partial charge in [0.1, 0.15) is 11.6 Å². The largest absolute Gasteiger partial charge is 0.383 e. The molecule has 0 aliphatic rings. The Labute approximate surface area is 117 Å². The van der Waals surface area contributed by atoms with Crippen LogP contribution in [0.25, 0.3) is 0 Å². The maximum atomic E-state index is 10.8. The number of nitro groups is 1. The quantitative estimate of drug-likeness (QED) is 0.667. The minimum atomic E-state index is -0.505. The topological polar surface area (TPSA) is 94.1 Å². The summed E-state index contributed by atoms with van der Waals surface area (Å²) in [5, 5.41) is 13.7. The van der Waals surface area contributed by atoms with Crippen LogP contribution in [0.3, 0.4) is 0 Å². The van der Waals surface area contributed by atoms with Crippen LogP contribution in [-0.4, -0.2) is 9.91 Å². The first-order chi connectivity index (χ1) is 8.94. The number of nitrogens with one attached hydrogen (secondary N) is 1. The average molecular weight is 323 g/mol. The molecule has 0 fully saturated rings. The van der Waals surface area contributed by atoms with Crippen LogP contribution in [0.2, 0.25) is 0 Å². The van der Waals surface area contributed by atoms with Crippen molar-refractivity contribution in [1.29, 1.82) is 0 Å². The summed E-state index contributed by atoms with van der Waals surface area (Å²) in [5.41, 5.74) is 7.28. The molecule has 1 heterocycles. The van der Waals surface area contributed by atoms with Crippen molar-refractivity contribution in [2.75, 3.05) is 11.1 Å². The van der Waals surface area contributed by atoms with Gasteiger partial charge in [0, 0.05) is 10.2 Å². The molecule has 0 aliphatic carbocycles. The zero-order valence-corrected chi connectivity index (χ0v) is 11.6. The molecule has 19 heavy (non-hydrogen) atoms. The van der Waals surface area contributed by atoms with Crippen molar-refractivity contribution in [1.82, 2.24) is 4.98 Å². The second kappa shape index (κ2) is 5.23. The maximum absolute atomic E-state index is 10.8. The van der Waals surface area contributed by atoms with Crippen molar-refractivity contribution < 1.29 is 4.92 Å². The van der Waals surface area contributed by atoms with Crippen molar-refractivity contribution in [2.24, 2.45) is 0 Å². The summed E-state index contributed by atoms with van der Waals surface area (Å²) in [6.45, 7) is 1.95. The Hall–Kier alpha value is -2.15. The van der Waals surface area contributed by atoms with Crippen LogP contribution >= 0.6 is 15.9 Å². The fourth-order valence-electron chi connectivity index (χ4n) is 1.66. The fraction of sp³-hybridized carbons (Fsp3) is 0.0833. The van der Waals surface area contributed by atoms with Crippen molar-refractivity contribution in [3.8, 4) is 0 Å². The van der Waals surface area contributed by atoms with Gasteiger partial charge in [0.25, 0.3) is 5.69 Å². The molecule has 0 amide bonds. The van der Waals surface area contributed by atoms with Gasteiger partial charge in [-0.1, -0.05) is 15.9 Å². The van der Waals surface area contributed by atoms with Crippen molar-refractivity contribution in [3.05, 3.63) is 50.5 Å². The monoisotopic (exact) mass is 322 g/mol. The van der Waals surface area contributed by atoms with Gasteiger partial charge in [-0.2, -0.15) is 0 Å². The maximum Gasteiger partial charge on any atom is 0.276 e. The molecule has 0 aliphatic heterocycles. The van der Waals surface area contributed by atoms with Crippen molar-refractivity contribution in [3.63, 3.8) is 0 Å². The Morgan fingerprint density at radius 2 is 2.05 bits per heavy atom. The number of hydrogen-bond acceptors (Lipinski definition) is 5. The predicted octanol–water partition coefficient (Wildman–Crippen LogP) is 3.39. The number of nitrogen functional groups attached to an aromatic ring is 1. The van der Waals surface area contributed by atoms with Crippen LogP contribution < -0.4 is 11.1 Å². The van der Waals surface area contributed by atoms with Gasteiger partial charge in [0.05, 0.1) is 17.1 Å². The summed E-state index contributed by atoms with van der Waals surface area (Å²) in [7, 11) is 0. The highest BCUT2D eigenvalue weighted by molar-refractivity contribution is 9.10. The van der Waals surface area contributed by atoms with E-state index in [9.17, 15) is 10.1 Å². The molecule has 0 saturated carbocycles. The molecule has 0 bridgehead atoms. The summed E-state index contributed by atoms with van der Waals surface area (Å²) in [6, 6.07) is 8.27. The van der Waals surface area contributed by atoms with E-state index >= 15 is 0 Å². The van der Waals surface area contributed by atoms with Crippen LogP contribution in [0, 0.1) is 17.0 Å². The minimum Gasteiger partial charge on any atom is -0.383 e. The lowest BCUT2D eigenvalue weighted by Crippen LogP contribution is -2.00. The van der Waals surface area contributed by atoms with E-state index in [0.29, 0.717) is 5.82 Å². The summed E-state index contributed by atoms with van der Waals surface area (Å²) < 4.78 is 0.911. The molecule has 2 aromatic rings. The Balaban J connectivity index is 2.35. The molecule has 7 heteroatoms. The Bertz CT molecular complexity index is 625. The third-order valence-corrected chi connectivity index (χ3v) is 2.81. The van der Waals surface area contributed by atoms with Gasteiger partial charge in [0.2, 0.25) is 0 Å². The third kappa shape index (κ3) is 3.41. The highest BCUT2D eigenvalue weighted by Gasteiger charge is 2.10. The first kappa shape index (κ1) is 13.3. The Morgan fingerprint density at radius 1 is 1.32 bits per heavy atom. The van der Waals surface area contributed by atoms with Crippen LogP contribution in [0.5, 0.6) is 0 Å². The summed E-state index contributed by atoms with van der Waals surface area (Å²) >= 11 is 3.39. The molecular formula is C12H11BrN4O2. The number of hydrogen-bond donors (Lipinski definition) is 2. The van der Waals surface area contributed by atoms with E-state index in [1.54, 1.807) is 0 Å². The van der Waals surface area contributed by atoms with Gasteiger partial charge in [-0.25, -0.2) is 4.98 Å². The molecule has 1 aromatic heterocycles. The molecule has 0 spiro atoms. The number of pyridine rings is 1. The number of nitrogens with zero attached hydrogens (tertiary/aromatic N) is 2. The number of anilines is 3. The summed E-state index contributed by atoms with van der Waals surface area (Å²) in [6.07, 6.45) is 0. The lowest BCUT2D eigenvalue weighted by Gasteiger charge is -2.08. The molecule has 0 radical (unpaired) electrons. The van der Waals surface area contributed by atoms with E-state index in [2.05, 4.69) is 26.2 Å². The first-order valence-electron chi connectivity index (χ1n) is 5.40. The van der Waals surface area contributed by atoms with Gasteiger partial charge < -0.3 is 11.1 Å². The molecule has 1 aromatic carbocycles. The second-order valence-corrected chi connectivity index (χ2v) is 4.95. The molecule has 0 saturated heterocycles. The molecular weight excluding hydrogens is 312 g/mol. The van der Waals surface area contributed by atoms with Crippen LogP contribution in [-0.2, 0) is 0 Å². The number of rotatable bonds is 3. The number of nitrogens with two attached hydrogens (primary N) is 1. The smallest absolute Gasteiger partial charge is 0.276 e. The van der Waals surface area contributed by atoms with Gasteiger partial charge in [-0.15, -0.1) is 0 Å². The van der Waals surface area contributed by atoms with Crippen LogP contribution in [0.15, 0.2) is 34.8 Å². The summed E-state index contributed by atoms with van der Waals surface area (Å²) in [5.74, 6) is 0.438. The molecule has 0 atom stereocenters. The normalized spacial score (nSPS) is 10.2. The molecule has 2 rings (SSSR count). The standard InChI is InChI=1S/C12H11BrN4O2/c1-7-2-8(13)4-9(3-7)15-12-6-10(17(18)19)5-11(14)16-12/h2-6H,1H3,(H3,14,15,16). The highest BCUT2D eigenvalue weighted by atomic mass is 79.9. The van der Waals surface area contributed by atoms with E-state index in [4.69, 9.17) is 5.73 Å². The van der Waals surface area contributed by atoms with Crippen molar-refractivity contribution >= 4 is 38.9 Å². The zero-order chi connectivity index (χ0) is 14.0. The average Bonchev–Trinajstić information content (AvgIpc) is 2.26. The predicted molar refractivity (Wildman–Crippen MR) is 77.5 cm³/mol. The molecule has 3 N–H and O–H groups in total. The van der Waals surface area contributed by atoms with Gasteiger partial charge in [-0.3, -0.25) is 10.1 Å². The van der Waals surface area contributed by atoms with E-state index < -0.39 is 4.92 Å². The van der Waals surface area contributed by atoms with Crippen LogP contribution in [0.4, 0.5) is 23.0 Å². The molecule has 6 nitrogen and oxygen atoms in total. The number of aromatic nitrogens is 1. The third-order valence-electron chi connectivity index (χ3n) is 2.36.